The lowest BCUT2D eigenvalue weighted by molar-refractivity contribution is 0.190. The summed E-state index contributed by atoms with van der Waals surface area (Å²) in [6.07, 6.45) is 1.49. The molecule has 0 radical (unpaired) electrons. The number of anilines is 1. The number of carbonyl (C=O) groups excluding carboxylic acids is 1. The minimum absolute atomic E-state index is 0.100. The molecular formula is C24H21FN4O2. The molecule has 3 aromatic carbocycles. The molecule has 0 unspecified atom stereocenters. The molecule has 7 heteroatoms. The van der Waals surface area contributed by atoms with E-state index in [1.165, 1.54) is 12.1 Å². The number of amides is 2. The molecule has 0 aliphatic carbocycles. The zero-order valence-corrected chi connectivity index (χ0v) is 16.8. The Morgan fingerprint density at radius 3 is 2.52 bits per heavy atom. The van der Waals surface area contributed by atoms with Crippen molar-refractivity contribution in [2.24, 2.45) is 0 Å². The molecule has 4 aromatic rings. The number of nitrogens with zero attached hydrogens (tertiary/aromatic N) is 3. The van der Waals surface area contributed by atoms with Gasteiger partial charge in [0.2, 0.25) is 11.8 Å². The Balaban J connectivity index is 1.22. The second-order valence-corrected chi connectivity index (χ2v) is 7.67. The fourth-order valence-corrected chi connectivity index (χ4v) is 3.97. The van der Waals surface area contributed by atoms with Crippen LogP contribution >= 0.6 is 0 Å². The molecule has 0 bridgehead atoms. The van der Waals surface area contributed by atoms with E-state index in [-0.39, 0.29) is 17.8 Å². The summed E-state index contributed by atoms with van der Waals surface area (Å²) < 4.78 is 18.9. The van der Waals surface area contributed by atoms with Crippen molar-refractivity contribution in [2.75, 3.05) is 18.4 Å². The van der Waals surface area contributed by atoms with Crippen LogP contribution in [-0.4, -0.2) is 34.2 Å². The summed E-state index contributed by atoms with van der Waals surface area (Å²) in [5, 5.41) is 13.4. The van der Waals surface area contributed by atoms with Gasteiger partial charge >= 0.3 is 6.03 Å². The van der Waals surface area contributed by atoms with Crippen LogP contribution < -0.4 is 5.32 Å². The molecule has 5 rings (SSSR count). The highest BCUT2D eigenvalue weighted by Crippen LogP contribution is 2.30. The lowest BCUT2D eigenvalue weighted by Gasteiger charge is -2.30. The first-order chi connectivity index (χ1) is 15.2. The molecule has 2 amide bonds. The number of benzene rings is 3. The fourth-order valence-electron chi connectivity index (χ4n) is 3.97. The van der Waals surface area contributed by atoms with Crippen molar-refractivity contribution < 1.29 is 13.6 Å². The molecule has 1 saturated heterocycles. The van der Waals surface area contributed by atoms with Crippen molar-refractivity contribution in [1.29, 1.82) is 0 Å². The standard InChI is InChI=1S/C24H21FN4O2/c25-19-10-8-17(9-11-19)22-27-28-23(31-22)18-12-14-29(15-13-18)24(30)26-21-7-3-5-16-4-1-2-6-20(16)21/h1-11,18H,12-15H2,(H,26,30). The average Bonchev–Trinajstić information content (AvgIpc) is 3.30. The van der Waals surface area contributed by atoms with Crippen LogP contribution in [0.2, 0.25) is 0 Å². The van der Waals surface area contributed by atoms with Crippen LogP contribution in [0.5, 0.6) is 0 Å². The van der Waals surface area contributed by atoms with Crippen LogP contribution in [0.1, 0.15) is 24.7 Å². The first-order valence-corrected chi connectivity index (χ1v) is 10.3. The number of halogens is 1. The van der Waals surface area contributed by atoms with Crippen molar-refractivity contribution >= 4 is 22.5 Å². The maximum atomic E-state index is 13.1. The van der Waals surface area contributed by atoms with Crippen LogP contribution in [0.15, 0.2) is 71.1 Å². The zero-order chi connectivity index (χ0) is 21.2. The summed E-state index contributed by atoms with van der Waals surface area (Å²) in [5.74, 6) is 0.737. The summed E-state index contributed by atoms with van der Waals surface area (Å²) in [6.45, 7) is 1.21. The van der Waals surface area contributed by atoms with E-state index in [1.807, 2.05) is 47.4 Å². The van der Waals surface area contributed by atoms with Crippen LogP contribution in [0.25, 0.3) is 22.2 Å². The number of nitrogens with one attached hydrogen (secondary N) is 1. The predicted octanol–water partition coefficient (Wildman–Crippen LogP) is 5.44. The third-order valence-electron chi connectivity index (χ3n) is 5.69. The van der Waals surface area contributed by atoms with Crippen molar-refractivity contribution in [3.05, 3.63) is 78.4 Å². The van der Waals surface area contributed by atoms with Gasteiger partial charge in [-0.1, -0.05) is 36.4 Å². The summed E-state index contributed by atoms with van der Waals surface area (Å²) in [7, 11) is 0. The number of hydrogen-bond donors (Lipinski definition) is 1. The van der Waals surface area contributed by atoms with Gasteiger partial charge in [-0.25, -0.2) is 9.18 Å². The third-order valence-corrected chi connectivity index (χ3v) is 5.69. The van der Waals surface area contributed by atoms with Crippen LogP contribution in [0.4, 0.5) is 14.9 Å². The Labute approximate surface area is 178 Å². The fraction of sp³-hybridized carbons (Fsp3) is 0.208. The Hall–Kier alpha value is -3.74. The number of fused-ring (bicyclic) bond motifs is 1. The van der Waals surface area contributed by atoms with E-state index < -0.39 is 0 Å². The number of rotatable bonds is 3. The van der Waals surface area contributed by atoms with Crippen LogP contribution in [0, 0.1) is 5.82 Å². The Morgan fingerprint density at radius 2 is 1.71 bits per heavy atom. The molecule has 0 atom stereocenters. The molecule has 1 aliphatic heterocycles. The third kappa shape index (κ3) is 3.99. The number of aromatic nitrogens is 2. The van der Waals surface area contributed by atoms with Crippen molar-refractivity contribution in [2.45, 2.75) is 18.8 Å². The van der Waals surface area contributed by atoms with Gasteiger partial charge in [-0.05, 0) is 48.6 Å². The SMILES string of the molecule is O=C(Nc1cccc2ccccc12)N1CCC(c2nnc(-c3ccc(F)cc3)o2)CC1. The summed E-state index contributed by atoms with van der Waals surface area (Å²) >= 11 is 0. The number of urea groups is 1. The molecule has 156 valence electrons. The summed E-state index contributed by atoms with van der Waals surface area (Å²) in [4.78, 5) is 14.6. The molecule has 0 spiro atoms. The average molecular weight is 416 g/mol. The van der Waals surface area contributed by atoms with Gasteiger partial charge in [0.25, 0.3) is 0 Å². The van der Waals surface area contributed by atoms with Crippen molar-refractivity contribution in [3.63, 3.8) is 0 Å². The normalized spacial score (nSPS) is 14.7. The minimum Gasteiger partial charge on any atom is -0.420 e. The van der Waals surface area contributed by atoms with Gasteiger partial charge in [0.15, 0.2) is 0 Å². The number of likely N-dealkylation sites (tertiary alicyclic amines) is 1. The molecular weight excluding hydrogens is 395 g/mol. The highest BCUT2D eigenvalue weighted by atomic mass is 19.1. The topological polar surface area (TPSA) is 71.3 Å². The predicted molar refractivity (Wildman–Crippen MR) is 116 cm³/mol. The largest absolute Gasteiger partial charge is 0.420 e. The number of piperidine rings is 1. The van der Waals surface area contributed by atoms with Gasteiger partial charge in [0, 0.05) is 30.0 Å². The smallest absolute Gasteiger partial charge is 0.321 e. The highest BCUT2D eigenvalue weighted by Gasteiger charge is 2.27. The first-order valence-electron chi connectivity index (χ1n) is 10.3. The van der Waals surface area contributed by atoms with E-state index in [0.29, 0.717) is 30.4 Å². The molecule has 1 N–H and O–H groups in total. The van der Waals surface area contributed by atoms with Gasteiger partial charge in [0.05, 0.1) is 5.69 Å². The molecule has 0 saturated carbocycles. The molecule has 6 nitrogen and oxygen atoms in total. The van der Waals surface area contributed by atoms with Crippen LogP contribution in [-0.2, 0) is 0 Å². The molecule has 1 fully saturated rings. The van der Waals surface area contributed by atoms with Gasteiger partial charge in [-0.2, -0.15) is 0 Å². The van der Waals surface area contributed by atoms with Crippen molar-refractivity contribution in [1.82, 2.24) is 15.1 Å². The minimum atomic E-state index is -0.308. The van der Waals surface area contributed by atoms with Gasteiger partial charge < -0.3 is 14.6 Å². The second-order valence-electron chi connectivity index (χ2n) is 7.67. The highest BCUT2D eigenvalue weighted by molar-refractivity contribution is 6.01. The number of carbonyl (C=O) groups is 1. The molecule has 1 aliphatic rings. The monoisotopic (exact) mass is 416 g/mol. The molecule has 1 aromatic heterocycles. The van der Waals surface area contributed by atoms with Gasteiger partial charge in [-0.3, -0.25) is 0 Å². The first kappa shape index (κ1) is 19.2. The quantitative estimate of drug-likeness (QED) is 0.483. The van der Waals surface area contributed by atoms with Gasteiger partial charge in [-0.15, -0.1) is 10.2 Å². The second kappa shape index (κ2) is 8.18. The molecule has 2 heterocycles. The van der Waals surface area contributed by atoms with E-state index in [0.717, 1.165) is 29.3 Å². The zero-order valence-electron chi connectivity index (χ0n) is 16.8. The lowest BCUT2D eigenvalue weighted by Crippen LogP contribution is -2.40. The maximum absolute atomic E-state index is 13.1. The Bertz CT molecular complexity index is 1210. The Morgan fingerprint density at radius 1 is 0.968 bits per heavy atom. The lowest BCUT2D eigenvalue weighted by atomic mass is 9.97. The maximum Gasteiger partial charge on any atom is 0.321 e. The Kier molecular flexibility index (Phi) is 5.08. The van der Waals surface area contributed by atoms with E-state index in [2.05, 4.69) is 15.5 Å². The van der Waals surface area contributed by atoms with E-state index in [4.69, 9.17) is 4.42 Å². The van der Waals surface area contributed by atoms with E-state index in [1.54, 1.807) is 12.1 Å². The molecule has 31 heavy (non-hydrogen) atoms. The number of hydrogen-bond acceptors (Lipinski definition) is 4. The van der Waals surface area contributed by atoms with E-state index >= 15 is 0 Å². The van der Waals surface area contributed by atoms with Gasteiger partial charge in [0.1, 0.15) is 5.82 Å². The van der Waals surface area contributed by atoms with E-state index in [9.17, 15) is 9.18 Å². The summed E-state index contributed by atoms with van der Waals surface area (Å²) in [6, 6.07) is 19.7. The summed E-state index contributed by atoms with van der Waals surface area (Å²) in [5.41, 5.74) is 1.50. The van der Waals surface area contributed by atoms with Crippen LogP contribution in [0.3, 0.4) is 0 Å². The van der Waals surface area contributed by atoms with Crippen molar-refractivity contribution in [3.8, 4) is 11.5 Å².